The molecule has 3 atom stereocenters. The zero-order valence-electron chi connectivity index (χ0n) is 46.9. The van der Waals surface area contributed by atoms with Gasteiger partial charge in [0.15, 0.2) is 12.6 Å². The molecule has 0 saturated heterocycles. The number of carbonyl (C=O) groups excluding carboxylic acids is 2. The molecule has 1 aliphatic carbocycles. The van der Waals surface area contributed by atoms with Gasteiger partial charge in [0.25, 0.3) is 0 Å². The molecular formula is C60H112N2O9. The minimum atomic E-state index is -0.266. The second-order valence-corrected chi connectivity index (χ2v) is 20.3. The van der Waals surface area contributed by atoms with Gasteiger partial charge in [0.05, 0.1) is 12.6 Å². The Kier molecular flexibility index (Phi) is 47.2. The van der Waals surface area contributed by atoms with Gasteiger partial charge in [0, 0.05) is 58.4 Å². The first-order valence-corrected chi connectivity index (χ1v) is 29.5. The maximum atomic E-state index is 13.4. The number of aliphatic hydroxyl groups is 1. The Morgan fingerprint density at radius 1 is 0.535 bits per heavy atom. The van der Waals surface area contributed by atoms with Gasteiger partial charge in [0.1, 0.15) is 13.2 Å². The average Bonchev–Trinajstić information content (AvgIpc) is 3.37. The van der Waals surface area contributed by atoms with Crippen LogP contribution in [-0.4, -0.2) is 124 Å². The lowest BCUT2D eigenvalue weighted by molar-refractivity contribution is -0.153. The molecule has 1 N–H and O–H groups in total. The third kappa shape index (κ3) is 40.9. The number of carbonyl (C=O) groups is 2. The lowest BCUT2D eigenvalue weighted by Gasteiger charge is -2.39. The quantitative estimate of drug-likeness (QED) is 0.0272. The summed E-state index contributed by atoms with van der Waals surface area (Å²) in [5.41, 5.74) is 0. The van der Waals surface area contributed by atoms with Gasteiger partial charge in [-0.15, -0.1) is 0 Å². The number of likely N-dealkylation sites (N-methyl/N-ethyl adjacent to an activating group) is 1. The maximum Gasteiger partial charge on any atom is 0.305 e. The molecule has 0 aliphatic heterocycles. The number of nitrogens with zero attached hydrogens (tertiary/aromatic N) is 2. The molecule has 0 amide bonds. The van der Waals surface area contributed by atoms with Crippen LogP contribution >= 0.6 is 0 Å². The van der Waals surface area contributed by atoms with E-state index in [-0.39, 0.29) is 50.4 Å². The van der Waals surface area contributed by atoms with Crippen LogP contribution in [0.5, 0.6) is 0 Å². The van der Waals surface area contributed by atoms with Crippen LogP contribution in [0.15, 0.2) is 36.5 Å². The molecule has 1 aliphatic rings. The summed E-state index contributed by atoms with van der Waals surface area (Å²) in [6, 6.07) is 0.111. The molecule has 0 radical (unpaired) electrons. The predicted octanol–water partition coefficient (Wildman–Crippen LogP) is 14.2. The monoisotopic (exact) mass is 1000 g/mol. The molecule has 11 nitrogen and oxygen atoms in total. The Morgan fingerprint density at radius 2 is 0.986 bits per heavy atom. The first-order chi connectivity index (χ1) is 34.8. The highest BCUT2D eigenvalue weighted by molar-refractivity contribution is 5.69. The van der Waals surface area contributed by atoms with Crippen molar-refractivity contribution in [2.24, 2.45) is 5.92 Å². The van der Waals surface area contributed by atoms with E-state index in [0.29, 0.717) is 64.7 Å². The van der Waals surface area contributed by atoms with Crippen molar-refractivity contribution in [3.63, 3.8) is 0 Å². The molecule has 11 heteroatoms. The summed E-state index contributed by atoms with van der Waals surface area (Å²) in [5.74, 6) is 0.327. The lowest BCUT2D eigenvalue weighted by atomic mass is 9.93. The fourth-order valence-corrected chi connectivity index (χ4v) is 9.27. The number of unbranched alkanes of at least 4 members (excludes halogenated alkanes) is 9. The number of hydrogen-bond acceptors (Lipinski definition) is 11. The smallest absolute Gasteiger partial charge is 0.305 e. The zero-order chi connectivity index (χ0) is 51.7. The molecule has 71 heavy (non-hydrogen) atoms. The lowest BCUT2D eigenvalue weighted by Crippen LogP contribution is -2.50. The van der Waals surface area contributed by atoms with E-state index in [1.807, 2.05) is 7.05 Å². The van der Waals surface area contributed by atoms with Gasteiger partial charge >= 0.3 is 11.9 Å². The Bertz CT molecular complexity index is 1250. The van der Waals surface area contributed by atoms with E-state index in [9.17, 15) is 14.7 Å². The SMILES string of the molecule is CC/C=C\CCCCOC(CCCCC(=O)OCC(COC(=O)CCCCC(OCCCC/C=C\CC)OCCCCC(C)CCC)N(CCCN(C)CCO)C1CCCCC1)OCCCC/C=C\CC. The summed E-state index contributed by atoms with van der Waals surface area (Å²) in [4.78, 5) is 31.4. The highest BCUT2D eigenvalue weighted by Gasteiger charge is 2.30. The van der Waals surface area contributed by atoms with E-state index in [0.717, 1.165) is 147 Å². The van der Waals surface area contributed by atoms with E-state index in [4.69, 9.17) is 28.4 Å². The number of hydrogen-bond donors (Lipinski definition) is 1. The van der Waals surface area contributed by atoms with Crippen LogP contribution < -0.4 is 0 Å². The van der Waals surface area contributed by atoms with E-state index in [1.54, 1.807) is 0 Å². The van der Waals surface area contributed by atoms with Crippen molar-refractivity contribution < 1.29 is 43.1 Å². The van der Waals surface area contributed by atoms with Crippen LogP contribution in [0.1, 0.15) is 234 Å². The van der Waals surface area contributed by atoms with Crippen LogP contribution in [0.25, 0.3) is 0 Å². The minimum Gasteiger partial charge on any atom is -0.464 e. The molecule has 1 rings (SSSR count). The third-order valence-electron chi connectivity index (χ3n) is 13.6. The molecular weight excluding hydrogens is 893 g/mol. The van der Waals surface area contributed by atoms with Crippen molar-refractivity contribution in [3.05, 3.63) is 36.5 Å². The second kappa shape index (κ2) is 50.1. The summed E-state index contributed by atoms with van der Waals surface area (Å²) in [7, 11) is 2.04. The van der Waals surface area contributed by atoms with Crippen LogP contribution in [0.3, 0.4) is 0 Å². The molecule has 1 saturated carbocycles. The Morgan fingerprint density at radius 3 is 1.42 bits per heavy atom. The molecule has 0 heterocycles. The number of aliphatic hydroxyl groups excluding tert-OH is 1. The van der Waals surface area contributed by atoms with Crippen molar-refractivity contribution in [2.75, 3.05) is 72.9 Å². The third-order valence-corrected chi connectivity index (χ3v) is 13.6. The highest BCUT2D eigenvalue weighted by atomic mass is 16.7. The van der Waals surface area contributed by atoms with Gasteiger partial charge in [-0.1, -0.05) is 116 Å². The van der Waals surface area contributed by atoms with E-state index >= 15 is 0 Å². The Balaban J connectivity index is 2.87. The molecule has 0 bridgehead atoms. The molecule has 0 aromatic carbocycles. The predicted molar refractivity (Wildman–Crippen MR) is 295 cm³/mol. The summed E-state index contributed by atoms with van der Waals surface area (Å²) < 4.78 is 37.1. The van der Waals surface area contributed by atoms with Crippen molar-refractivity contribution in [3.8, 4) is 0 Å². The fourth-order valence-electron chi connectivity index (χ4n) is 9.27. The van der Waals surface area contributed by atoms with Gasteiger partial charge < -0.3 is 38.4 Å². The van der Waals surface area contributed by atoms with Gasteiger partial charge in [-0.3, -0.25) is 14.5 Å². The Hall–Kier alpha value is -2.12. The first kappa shape index (κ1) is 66.9. The maximum absolute atomic E-state index is 13.4. The molecule has 3 unspecified atom stereocenters. The second-order valence-electron chi connectivity index (χ2n) is 20.3. The largest absolute Gasteiger partial charge is 0.464 e. The number of esters is 2. The van der Waals surface area contributed by atoms with Crippen LogP contribution in [0.4, 0.5) is 0 Å². The fraction of sp³-hybridized carbons (Fsp3) is 0.867. The van der Waals surface area contributed by atoms with Crippen LogP contribution in [0, 0.1) is 5.92 Å². The van der Waals surface area contributed by atoms with Gasteiger partial charge in [-0.25, -0.2) is 0 Å². The summed E-state index contributed by atoms with van der Waals surface area (Å²) in [6.45, 7) is 16.6. The van der Waals surface area contributed by atoms with E-state index < -0.39 is 0 Å². The van der Waals surface area contributed by atoms with Gasteiger partial charge in [0.2, 0.25) is 0 Å². The molecule has 0 spiro atoms. The average molecular weight is 1010 g/mol. The van der Waals surface area contributed by atoms with E-state index in [1.165, 1.54) is 44.9 Å². The van der Waals surface area contributed by atoms with Crippen LogP contribution in [-0.2, 0) is 38.0 Å². The topological polar surface area (TPSA) is 116 Å². The molecule has 0 aromatic heterocycles. The number of rotatable bonds is 51. The minimum absolute atomic E-state index is 0.128. The van der Waals surface area contributed by atoms with Crippen molar-refractivity contribution in [2.45, 2.75) is 258 Å². The van der Waals surface area contributed by atoms with Crippen LogP contribution in [0.2, 0.25) is 0 Å². The van der Waals surface area contributed by atoms with Crippen molar-refractivity contribution in [1.29, 1.82) is 0 Å². The van der Waals surface area contributed by atoms with E-state index in [2.05, 4.69) is 80.9 Å². The first-order valence-electron chi connectivity index (χ1n) is 29.5. The van der Waals surface area contributed by atoms with Gasteiger partial charge in [-0.05, 0) is 161 Å². The summed E-state index contributed by atoms with van der Waals surface area (Å²) in [5, 5.41) is 9.51. The van der Waals surface area contributed by atoms with Crippen molar-refractivity contribution in [1.82, 2.24) is 9.80 Å². The number of ether oxygens (including phenoxy) is 6. The van der Waals surface area contributed by atoms with Crippen molar-refractivity contribution >= 4 is 11.9 Å². The Labute approximate surface area is 437 Å². The molecule has 416 valence electrons. The normalized spacial score (nSPS) is 15.1. The highest BCUT2D eigenvalue weighted by Crippen LogP contribution is 2.26. The summed E-state index contributed by atoms with van der Waals surface area (Å²) >= 11 is 0. The zero-order valence-corrected chi connectivity index (χ0v) is 46.9. The number of allylic oxidation sites excluding steroid dienone is 6. The molecule has 0 aromatic rings. The standard InChI is InChI=1S/C60H112N2O9/c1-7-11-14-17-20-31-48-66-59(67-49-32-21-18-15-12-8-2)42-28-26-40-57(64)70-52-56(62(55-38-24-23-25-39-55)45-35-44-61(6)46-47-63)53-71-58(65)41-27-29-43-60(68-50-33-22-19-16-13-9-3)69-51-34-30-37-54(5)36-10-4/h11-16,54-56,59-60,63H,7-10,17-53H2,1-6H3/b14-11-,15-12-,16-13-. The molecule has 1 fully saturated rings. The summed E-state index contributed by atoms with van der Waals surface area (Å²) in [6.07, 6.45) is 43.4. The van der Waals surface area contributed by atoms with Gasteiger partial charge in [-0.2, -0.15) is 0 Å².